The van der Waals surface area contributed by atoms with E-state index in [1.807, 2.05) is 24.0 Å². The predicted molar refractivity (Wildman–Crippen MR) is 44.8 cm³/mol. The van der Waals surface area contributed by atoms with Crippen LogP contribution in [0, 0.1) is 0 Å². The van der Waals surface area contributed by atoms with Gasteiger partial charge in [-0.15, -0.1) is 5.11 Å². The Morgan fingerprint density at radius 1 is 1.50 bits per heavy atom. The molecule has 0 fully saturated rings. The second-order valence-corrected chi connectivity index (χ2v) is 2.61. The number of nitrogens with zero attached hydrogens (tertiary/aromatic N) is 5. The smallest absolute Gasteiger partial charge is 0.176 e. The molecule has 62 valence electrons. The minimum Gasteiger partial charge on any atom is -0.267 e. The van der Waals surface area contributed by atoms with Crippen molar-refractivity contribution < 1.29 is 0 Å². The Balaban J connectivity index is 2.43. The van der Waals surface area contributed by atoms with E-state index in [4.69, 9.17) is 0 Å². The van der Waals surface area contributed by atoms with Crippen LogP contribution in [0.25, 0.3) is 0 Å². The van der Waals surface area contributed by atoms with E-state index in [0.717, 1.165) is 11.7 Å². The Kier molecular flexibility index (Phi) is 1.27. The fraction of sp³-hybridized carbons (Fsp3) is 0.286. The van der Waals surface area contributed by atoms with Crippen LogP contribution in [0.1, 0.15) is 6.92 Å². The summed E-state index contributed by atoms with van der Waals surface area (Å²) in [6.07, 6.45) is 1.61. The molecule has 12 heavy (non-hydrogen) atoms. The summed E-state index contributed by atoms with van der Waals surface area (Å²) in [5.41, 5.74) is 0. The molecule has 0 unspecified atom stereocenters. The molecule has 0 amide bonds. The van der Waals surface area contributed by atoms with E-state index < -0.39 is 0 Å². The van der Waals surface area contributed by atoms with Gasteiger partial charge in [0, 0.05) is 7.05 Å². The van der Waals surface area contributed by atoms with E-state index in [1.165, 1.54) is 0 Å². The zero-order chi connectivity index (χ0) is 8.72. The maximum atomic E-state index is 4.26. The first kappa shape index (κ1) is 7.02. The van der Waals surface area contributed by atoms with E-state index in [-0.39, 0.29) is 0 Å². The zero-order valence-electron chi connectivity index (χ0n) is 7.02. The summed E-state index contributed by atoms with van der Waals surface area (Å²) in [6.45, 7) is 5.67. The third kappa shape index (κ3) is 0.761. The van der Waals surface area contributed by atoms with Crippen molar-refractivity contribution in [3.63, 3.8) is 0 Å². The Labute approximate surface area is 70.4 Å². The molecule has 0 aromatic carbocycles. The third-order valence-electron chi connectivity index (χ3n) is 1.85. The van der Waals surface area contributed by atoms with Gasteiger partial charge in [-0.05, 0) is 6.92 Å². The maximum Gasteiger partial charge on any atom is 0.176 e. The minimum atomic E-state index is 0.593. The van der Waals surface area contributed by atoms with E-state index >= 15 is 0 Å². The van der Waals surface area contributed by atoms with Crippen LogP contribution in [0.4, 0.5) is 0 Å². The molecule has 0 atom stereocenters. The number of hydrogen-bond acceptors (Lipinski definition) is 5. The van der Waals surface area contributed by atoms with Crippen molar-refractivity contribution in [1.29, 1.82) is 0 Å². The summed E-state index contributed by atoms with van der Waals surface area (Å²) < 4.78 is 0. The number of hydrazine groups is 1. The molecule has 0 radical (unpaired) electrons. The van der Waals surface area contributed by atoms with Crippen LogP contribution in [0.15, 0.2) is 39.6 Å². The molecule has 2 aliphatic rings. The van der Waals surface area contributed by atoms with Crippen LogP contribution in [-0.2, 0) is 0 Å². The molecule has 0 saturated carbocycles. The van der Waals surface area contributed by atoms with E-state index in [2.05, 4.69) is 21.8 Å². The number of aliphatic imine (C=N–C) groups is 1. The van der Waals surface area contributed by atoms with Gasteiger partial charge < -0.3 is 0 Å². The quantitative estimate of drug-likeness (QED) is 0.540. The van der Waals surface area contributed by atoms with E-state index in [9.17, 15) is 0 Å². The Morgan fingerprint density at radius 3 is 2.92 bits per heavy atom. The molecule has 2 aliphatic heterocycles. The van der Waals surface area contributed by atoms with Crippen molar-refractivity contribution in [3.8, 4) is 0 Å². The van der Waals surface area contributed by atoms with Crippen LogP contribution in [-0.4, -0.2) is 22.9 Å². The summed E-state index contributed by atoms with van der Waals surface area (Å²) in [7, 11) is 1.91. The first-order chi connectivity index (χ1) is 5.70. The SMILES string of the molecule is C=C1N=NC=C2N=C(C)N(C)N12. The van der Waals surface area contributed by atoms with Crippen molar-refractivity contribution in [2.45, 2.75) is 6.92 Å². The van der Waals surface area contributed by atoms with Gasteiger partial charge in [0.2, 0.25) is 0 Å². The molecule has 2 rings (SSSR count). The molecule has 0 aromatic heterocycles. The molecule has 5 heteroatoms. The van der Waals surface area contributed by atoms with E-state index in [0.29, 0.717) is 5.82 Å². The van der Waals surface area contributed by atoms with Gasteiger partial charge in [-0.3, -0.25) is 5.01 Å². The summed E-state index contributed by atoms with van der Waals surface area (Å²) in [4.78, 5) is 4.26. The highest BCUT2D eigenvalue weighted by molar-refractivity contribution is 5.82. The first-order valence-corrected chi connectivity index (χ1v) is 3.59. The van der Waals surface area contributed by atoms with Crippen LogP contribution >= 0.6 is 0 Å². The van der Waals surface area contributed by atoms with Gasteiger partial charge in [-0.25, -0.2) is 10.0 Å². The van der Waals surface area contributed by atoms with Gasteiger partial charge in [0.1, 0.15) is 5.84 Å². The normalized spacial score (nSPS) is 21.0. The molecule has 0 aromatic rings. The standard InChI is InChI=1S/C7H9N5/c1-5-9-7-4-8-10-6(2)12(7)11(5)3/h4H,2H2,1,3H3. The Morgan fingerprint density at radius 2 is 2.25 bits per heavy atom. The fourth-order valence-corrected chi connectivity index (χ4v) is 1.16. The Hall–Kier alpha value is -1.65. The highest BCUT2D eigenvalue weighted by Gasteiger charge is 2.27. The summed E-state index contributed by atoms with van der Waals surface area (Å²) in [5, 5.41) is 11.3. The second-order valence-electron chi connectivity index (χ2n) is 2.61. The predicted octanol–water partition coefficient (Wildman–Crippen LogP) is 1.30. The zero-order valence-corrected chi connectivity index (χ0v) is 7.02. The maximum absolute atomic E-state index is 4.26. The molecule has 0 aliphatic carbocycles. The van der Waals surface area contributed by atoms with Crippen molar-refractivity contribution in [2.75, 3.05) is 7.05 Å². The van der Waals surface area contributed by atoms with Crippen molar-refractivity contribution in [1.82, 2.24) is 10.0 Å². The summed E-state index contributed by atoms with van der Waals surface area (Å²) >= 11 is 0. The lowest BCUT2D eigenvalue weighted by atomic mass is 10.6. The highest BCUT2D eigenvalue weighted by atomic mass is 15.7. The number of azo groups is 1. The largest absolute Gasteiger partial charge is 0.267 e. The number of amidine groups is 1. The molecule has 0 saturated heterocycles. The lowest BCUT2D eigenvalue weighted by molar-refractivity contribution is 0.175. The van der Waals surface area contributed by atoms with Crippen LogP contribution < -0.4 is 0 Å². The monoisotopic (exact) mass is 163 g/mol. The van der Waals surface area contributed by atoms with Crippen molar-refractivity contribution in [3.05, 3.63) is 24.4 Å². The van der Waals surface area contributed by atoms with Gasteiger partial charge in [-0.1, -0.05) is 6.58 Å². The fourth-order valence-electron chi connectivity index (χ4n) is 1.16. The van der Waals surface area contributed by atoms with Gasteiger partial charge in [0.05, 0.1) is 6.20 Å². The molecule has 0 bridgehead atoms. The van der Waals surface area contributed by atoms with Crippen molar-refractivity contribution in [2.24, 2.45) is 15.2 Å². The highest BCUT2D eigenvalue weighted by Crippen LogP contribution is 2.26. The van der Waals surface area contributed by atoms with Crippen LogP contribution in [0.2, 0.25) is 0 Å². The third-order valence-corrected chi connectivity index (χ3v) is 1.85. The lowest BCUT2D eigenvalue weighted by Gasteiger charge is -2.27. The molecular formula is C7H9N5. The summed E-state index contributed by atoms with van der Waals surface area (Å²) in [6, 6.07) is 0. The van der Waals surface area contributed by atoms with Gasteiger partial charge in [0.15, 0.2) is 11.6 Å². The molecule has 2 heterocycles. The van der Waals surface area contributed by atoms with Crippen LogP contribution in [0.3, 0.4) is 0 Å². The second kappa shape index (κ2) is 2.17. The summed E-state index contributed by atoms with van der Waals surface area (Å²) in [5.74, 6) is 2.28. The number of fused-ring (bicyclic) bond motifs is 1. The number of rotatable bonds is 0. The molecular weight excluding hydrogens is 154 g/mol. The van der Waals surface area contributed by atoms with Gasteiger partial charge in [-0.2, -0.15) is 5.11 Å². The number of hydrogen-bond donors (Lipinski definition) is 0. The van der Waals surface area contributed by atoms with Crippen LogP contribution in [0.5, 0.6) is 0 Å². The van der Waals surface area contributed by atoms with Crippen molar-refractivity contribution >= 4 is 5.84 Å². The average Bonchev–Trinajstić information content (AvgIpc) is 2.29. The van der Waals surface area contributed by atoms with Gasteiger partial charge in [0.25, 0.3) is 0 Å². The molecule has 0 spiro atoms. The van der Waals surface area contributed by atoms with E-state index in [1.54, 1.807) is 6.20 Å². The minimum absolute atomic E-state index is 0.593. The van der Waals surface area contributed by atoms with Gasteiger partial charge >= 0.3 is 0 Å². The topological polar surface area (TPSA) is 43.6 Å². The lowest BCUT2D eigenvalue weighted by Crippen LogP contribution is -2.35. The molecule has 0 N–H and O–H groups in total. The molecule has 5 nitrogen and oxygen atoms in total. The Bertz CT molecular complexity index is 322. The average molecular weight is 163 g/mol. The first-order valence-electron chi connectivity index (χ1n) is 3.59.